The molecule has 30 heavy (non-hydrogen) atoms. The van der Waals surface area contributed by atoms with E-state index in [0.717, 1.165) is 5.56 Å². The summed E-state index contributed by atoms with van der Waals surface area (Å²) in [5, 5.41) is 3.13. The maximum absolute atomic E-state index is 13.1. The second-order valence-electron chi connectivity index (χ2n) is 6.51. The Kier molecular flexibility index (Phi) is 7.10. The lowest BCUT2D eigenvalue weighted by molar-refractivity contribution is -0.117. The molecule has 0 saturated carbocycles. The van der Waals surface area contributed by atoms with Crippen LogP contribution >= 0.6 is 11.6 Å². The van der Waals surface area contributed by atoms with Gasteiger partial charge in [-0.2, -0.15) is 4.72 Å². The summed E-state index contributed by atoms with van der Waals surface area (Å²) in [4.78, 5) is 13.1. The number of ether oxygens (including phenoxy) is 1. The molecule has 3 aromatic carbocycles. The van der Waals surface area contributed by atoms with E-state index in [4.69, 9.17) is 16.3 Å². The van der Waals surface area contributed by atoms with Gasteiger partial charge >= 0.3 is 0 Å². The lowest BCUT2D eigenvalue weighted by Gasteiger charge is -2.20. The topological polar surface area (TPSA) is 84.5 Å². The number of methoxy groups -OCH3 is 1. The fourth-order valence-corrected chi connectivity index (χ4v) is 4.28. The summed E-state index contributed by atoms with van der Waals surface area (Å²) < 4.78 is 33.4. The van der Waals surface area contributed by atoms with E-state index in [1.165, 1.54) is 19.2 Å². The molecule has 0 aliphatic carbocycles. The number of amides is 1. The number of nitrogens with one attached hydrogen (secondary N) is 2. The third kappa shape index (κ3) is 5.60. The van der Waals surface area contributed by atoms with Crippen LogP contribution in [-0.2, 0) is 21.2 Å². The zero-order valence-corrected chi connectivity index (χ0v) is 17.8. The van der Waals surface area contributed by atoms with Crippen LogP contribution in [0, 0.1) is 0 Å². The zero-order valence-electron chi connectivity index (χ0n) is 16.2. The van der Waals surface area contributed by atoms with Crippen LogP contribution < -0.4 is 14.8 Å². The number of benzene rings is 3. The monoisotopic (exact) mass is 444 g/mol. The van der Waals surface area contributed by atoms with Crippen LogP contribution in [0.3, 0.4) is 0 Å². The molecule has 0 aliphatic heterocycles. The van der Waals surface area contributed by atoms with E-state index in [9.17, 15) is 13.2 Å². The van der Waals surface area contributed by atoms with Gasteiger partial charge in [0, 0.05) is 5.02 Å². The van der Waals surface area contributed by atoms with Gasteiger partial charge in [0.1, 0.15) is 11.8 Å². The molecular weight excluding hydrogens is 424 g/mol. The molecule has 156 valence electrons. The van der Waals surface area contributed by atoms with E-state index >= 15 is 0 Å². The highest BCUT2D eigenvalue weighted by molar-refractivity contribution is 7.89. The van der Waals surface area contributed by atoms with Gasteiger partial charge in [0.05, 0.1) is 17.7 Å². The number of sulfonamides is 1. The van der Waals surface area contributed by atoms with Gasteiger partial charge in [0.15, 0.2) is 0 Å². The van der Waals surface area contributed by atoms with Gasteiger partial charge in [-0.05, 0) is 42.3 Å². The molecule has 2 N–H and O–H groups in total. The summed E-state index contributed by atoms with van der Waals surface area (Å²) in [5.74, 6) is -0.115. The van der Waals surface area contributed by atoms with Crippen molar-refractivity contribution in [3.63, 3.8) is 0 Å². The molecule has 6 nitrogen and oxygen atoms in total. The molecule has 3 aromatic rings. The quantitative estimate of drug-likeness (QED) is 0.552. The Morgan fingerprint density at radius 3 is 2.27 bits per heavy atom. The zero-order chi connectivity index (χ0) is 21.6. The van der Waals surface area contributed by atoms with E-state index in [1.807, 2.05) is 30.3 Å². The van der Waals surface area contributed by atoms with Crippen LogP contribution in [0.25, 0.3) is 0 Å². The van der Waals surface area contributed by atoms with Crippen LogP contribution in [0.5, 0.6) is 5.75 Å². The Bertz CT molecular complexity index is 1110. The summed E-state index contributed by atoms with van der Waals surface area (Å²) >= 11 is 6.03. The Balaban J connectivity index is 1.89. The lowest BCUT2D eigenvalue weighted by Crippen LogP contribution is -2.45. The molecule has 1 amide bonds. The minimum atomic E-state index is -3.91. The van der Waals surface area contributed by atoms with E-state index in [2.05, 4.69) is 10.0 Å². The molecule has 0 aliphatic rings. The minimum absolute atomic E-state index is 0.0798. The second kappa shape index (κ2) is 9.75. The van der Waals surface area contributed by atoms with Gasteiger partial charge in [-0.15, -0.1) is 0 Å². The lowest BCUT2D eigenvalue weighted by atomic mass is 10.1. The molecular formula is C22H21ClN2O4S. The Hall–Kier alpha value is -2.87. The molecule has 0 fully saturated rings. The molecule has 0 radical (unpaired) electrons. The third-order valence-electron chi connectivity index (χ3n) is 4.37. The molecule has 0 unspecified atom stereocenters. The van der Waals surface area contributed by atoms with Gasteiger partial charge < -0.3 is 10.1 Å². The molecule has 3 rings (SSSR count). The number of carbonyl (C=O) groups is 1. The van der Waals surface area contributed by atoms with E-state index in [0.29, 0.717) is 16.5 Å². The van der Waals surface area contributed by atoms with Gasteiger partial charge in [0.2, 0.25) is 15.9 Å². The fraction of sp³-hybridized carbons (Fsp3) is 0.136. The molecule has 0 saturated heterocycles. The van der Waals surface area contributed by atoms with Crippen molar-refractivity contribution in [3.05, 3.63) is 89.4 Å². The smallest absolute Gasteiger partial charge is 0.243 e. The van der Waals surface area contributed by atoms with Crippen molar-refractivity contribution in [1.29, 1.82) is 0 Å². The minimum Gasteiger partial charge on any atom is -0.495 e. The summed E-state index contributed by atoms with van der Waals surface area (Å²) in [7, 11) is -2.44. The van der Waals surface area contributed by atoms with Crippen molar-refractivity contribution in [2.45, 2.75) is 17.4 Å². The number of carbonyl (C=O) groups excluding carboxylic acids is 1. The van der Waals surface area contributed by atoms with Crippen LogP contribution in [0.2, 0.25) is 5.02 Å². The number of rotatable bonds is 8. The van der Waals surface area contributed by atoms with Crippen LogP contribution in [0.1, 0.15) is 5.56 Å². The Morgan fingerprint density at radius 1 is 1.00 bits per heavy atom. The summed E-state index contributed by atoms with van der Waals surface area (Å²) in [6.45, 7) is 0. The normalized spacial score (nSPS) is 12.2. The van der Waals surface area contributed by atoms with Crippen molar-refractivity contribution in [1.82, 2.24) is 4.72 Å². The number of halogens is 1. The first kappa shape index (κ1) is 21.8. The SMILES string of the molecule is COc1ccc(Cl)cc1NC(=O)[C@@H](Cc1ccccc1)NS(=O)(=O)c1ccccc1. The van der Waals surface area contributed by atoms with E-state index in [-0.39, 0.29) is 11.3 Å². The molecule has 1 atom stereocenters. The van der Waals surface area contributed by atoms with Gasteiger partial charge in [0.25, 0.3) is 0 Å². The maximum Gasteiger partial charge on any atom is 0.243 e. The van der Waals surface area contributed by atoms with Gasteiger partial charge in [-0.25, -0.2) is 8.42 Å². The average Bonchev–Trinajstić information content (AvgIpc) is 2.75. The first-order valence-corrected chi connectivity index (χ1v) is 11.0. The van der Waals surface area contributed by atoms with E-state index in [1.54, 1.807) is 36.4 Å². The molecule has 8 heteroatoms. The molecule has 0 heterocycles. The Morgan fingerprint density at radius 2 is 1.63 bits per heavy atom. The van der Waals surface area contributed by atoms with Crippen LogP contribution in [-0.4, -0.2) is 27.5 Å². The van der Waals surface area contributed by atoms with Crippen molar-refractivity contribution < 1.29 is 17.9 Å². The average molecular weight is 445 g/mol. The largest absolute Gasteiger partial charge is 0.495 e. The summed E-state index contributed by atoms with van der Waals surface area (Å²) in [6, 6.07) is 20.8. The summed E-state index contributed by atoms with van der Waals surface area (Å²) in [5.41, 5.74) is 1.17. The first-order chi connectivity index (χ1) is 14.4. The summed E-state index contributed by atoms with van der Waals surface area (Å²) in [6.07, 6.45) is 0.168. The standard InChI is InChI=1S/C22H21ClN2O4S/c1-29-21-13-12-17(23)15-19(21)24-22(26)20(14-16-8-4-2-5-9-16)25-30(27,28)18-10-6-3-7-11-18/h2-13,15,20,25H,14H2,1H3,(H,24,26)/t20-/m1/s1. The van der Waals surface area contributed by atoms with Crippen LogP contribution in [0.4, 0.5) is 5.69 Å². The molecule has 0 spiro atoms. The fourth-order valence-electron chi connectivity index (χ4n) is 2.89. The number of hydrogen-bond donors (Lipinski definition) is 2. The van der Waals surface area contributed by atoms with Crippen molar-refractivity contribution in [2.24, 2.45) is 0 Å². The van der Waals surface area contributed by atoms with Gasteiger partial charge in [-0.1, -0.05) is 60.1 Å². The predicted molar refractivity (Wildman–Crippen MR) is 117 cm³/mol. The molecule has 0 aromatic heterocycles. The van der Waals surface area contributed by atoms with E-state index < -0.39 is 22.0 Å². The van der Waals surface area contributed by atoms with Crippen molar-refractivity contribution in [3.8, 4) is 5.75 Å². The highest BCUT2D eigenvalue weighted by Crippen LogP contribution is 2.28. The number of anilines is 1. The van der Waals surface area contributed by atoms with Gasteiger partial charge in [-0.3, -0.25) is 4.79 Å². The third-order valence-corrected chi connectivity index (χ3v) is 6.09. The predicted octanol–water partition coefficient (Wildman–Crippen LogP) is 3.88. The highest BCUT2D eigenvalue weighted by Gasteiger charge is 2.26. The second-order valence-corrected chi connectivity index (χ2v) is 8.66. The molecule has 0 bridgehead atoms. The van der Waals surface area contributed by atoms with Crippen molar-refractivity contribution in [2.75, 3.05) is 12.4 Å². The highest BCUT2D eigenvalue weighted by atomic mass is 35.5. The van der Waals surface area contributed by atoms with Crippen LogP contribution in [0.15, 0.2) is 83.8 Å². The first-order valence-electron chi connectivity index (χ1n) is 9.15. The number of hydrogen-bond acceptors (Lipinski definition) is 4. The maximum atomic E-state index is 13.1. The Labute approximate surface area is 180 Å². The van der Waals surface area contributed by atoms with Crippen molar-refractivity contribution >= 4 is 33.2 Å².